The smallest absolute Gasteiger partial charge is 0.243 e. The first-order valence-electron chi connectivity index (χ1n) is 9.98. The first-order valence-corrected chi connectivity index (χ1v) is 9.98. The number of aryl methyl sites for hydroxylation is 1. The zero-order valence-corrected chi connectivity index (χ0v) is 17.8. The Morgan fingerprint density at radius 1 is 1.13 bits per heavy atom. The summed E-state index contributed by atoms with van der Waals surface area (Å²) in [6.45, 7) is 0.139. The average molecular weight is 420 g/mol. The van der Waals surface area contributed by atoms with Crippen molar-refractivity contribution in [3.05, 3.63) is 47.9 Å². The fourth-order valence-corrected chi connectivity index (χ4v) is 3.57. The molecule has 0 saturated heterocycles. The molecule has 0 bridgehead atoms. The number of carbonyl (C=O) groups excluding carboxylic acids is 1. The SMILES string of the molecule is COc1ccnc(-c2nc3c(c(N(C)CC(=O)Nc4ccc(OC)nc4)n2)CCC3)c1. The van der Waals surface area contributed by atoms with Crippen molar-refractivity contribution in [1.82, 2.24) is 19.9 Å². The number of ether oxygens (including phenoxy) is 2. The third kappa shape index (κ3) is 4.55. The van der Waals surface area contributed by atoms with E-state index in [4.69, 9.17) is 19.4 Å². The highest BCUT2D eigenvalue weighted by Gasteiger charge is 2.23. The Balaban J connectivity index is 1.56. The van der Waals surface area contributed by atoms with Gasteiger partial charge in [0.15, 0.2) is 5.82 Å². The minimum atomic E-state index is -0.166. The highest BCUT2D eigenvalue weighted by molar-refractivity contribution is 5.93. The fourth-order valence-electron chi connectivity index (χ4n) is 3.57. The van der Waals surface area contributed by atoms with Crippen LogP contribution in [-0.2, 0) is 17.6 Å². The Bertz CT molecular complexity index is 1090. The van der Waals surface area contributed by atoms with Crippen LogP contribution in [0.3, 0.4) is 0 Å². The zero-order chi connectivity index (χ0) is 21.8. The van der Waals surface area contributed by atoms with Crippen molar-refractivity contribution < 1.29 is 14.3 Å². The molecule has 31 heavy (non-hydrogen) atoms. The standard InChI is InChI=1S/C22H24N6O3/c1-28(13-19(29)25-14-7-8-20(31-3)24-12-14)22-16-5-4-6-17(16)26-21(27-22)18-11-15(30-2)9-10-23-18/h7-12H,4-6,13H2,1-3H3,(H,25,29). The minimum absolute atomic E-state index is 0.139. The Morgan fingerprint density at radius 3 is 2.74 bits per heavy atom. The second-order valence-electron chi connectivity index (χ2n) is 7.22. The summed E-state index contributed by atoms with van der Waals surface area (Å²) in [5, 5.41) is 2.85. The van der Waals surface area contributed by atoms with Crippen molar-refractivity contribution in [3.63, 3.8) is 0 Å². The highest BCUT2D eigenvalue weighted by atomic mass is 16.5. The molecule has 0 radical (unpaired) electrons. The van der Waals surface area contributed by atoms with E-state index in [0.29, 0.717) is 28.8 Å². The Labute approximate surface area is 180 Å². The van der Waals surface area contributed by atoms with Crippen molar-refractivity contribution in [2.45, 2.75) is 19.3 Å². The largest absolute Gasteiger partial charge is 0.497 e. The third-order valence-electron chi connectivity index (χ3n) is 5.08. The summed E-state index contributed by atoms with van der Waals surface area (Å²) in [5.74, 6) is 2.30. The van der Waals surface area contributed by atoms with Crippen LogP contribution < -0.4 is 19.7 Å². The molecular formula is C22H24N6O3. The lowest BCUT2D eigenvalue weighted by atomic mass is 10.2. The van der Waals surface area contributed by atoms with Crippen LogP contribution in [0.25, 0.3) is 11.5 Å². The monoisotopic (exact) mass is 420 g/mol. The minimum Gasteiger partial charge on any atom is -0.497 e. The summed E-state index contributed by atoms with van der Waals surface area (Å²) in [4.78, 5) is 32.4. The van der Waals surface area contributed by atoms with Gasteiger partial charge in [-0.2, -0.15) is 0 Å². The van der Waals surface area contributed by atoms with Crippen LogP contribution in [-0.4, -0.2) is 53.7 Å². The van der Waals surface area contributed by atoms with Gasteiger partial charge in [-0.25, -0.2) is 15.0 Å². The molecule has 0 atom stereocenters. The predicted molar refractivity (Wildman–Crippen MR) is 117 cm³/mol. The highest BCUT2D eigenvalue weighted by Crippen LogP contribution is 2.31. The van der Waals surface area contributed by atoms with E-state index < -0.39 is 0 Å². The maximum absolute atomic E-state index is 12.6. The molecule has 3 aromatic heterocycles. The first kappa shape index (κ1) is 20.5. The lowest BCUT2D eigenvalue weighted by Crippen LogP contribution is -2.31. The Kier molecular flexibility index (Phi) is 5.92. The molecule has 1 amide bonds. The van der Waals surface area contributed by atoms with Crippen molar-refractivity contribution in [2.75, 3.05) is 38.0 Å². The zero-order valence-electron chi connectivity index (χ0n) is 17.8. The van der Waals surface area contributed by atoms with E-state index in [0.717, 1.165) is 36.3 Å². The second-order valence-corrected chi connectivity index (χ2v) is 7.22. The van der Waals surface area contributed by atoms with Crippen LogP contribution in [0.4, 0.5) is 11.5 Å². The second kappa shape index (κ2) is 8.95. The number of nitrogens with zero attached hydrogens (tertiary/aromatic N) is 5. The molecule has 3 heterocycles. The number of fused-ring (bicyclic) bond motifs is 1. The molecule has 0 unspecified atom stereocenters. The van der Waals surface area contributed by atoms with Crippen LogP contribution in [0.15, 0.2) is 36.7 Å². The number of amides is 1. The van der Waals surface area contributed by atoms with Gasteiger partial charge in [0.25, 0.3) is 0 Å². The summed E-state index contributed by atoms with van der Waals surface area (Å²) in [6.07, 6.45) is 6.03. The molecule has 0 aliphatic heterocycles. The molecule has 0 saturated carbocycles. The lowest BCUT2D eigenvalue weighted by molar-refractivity contribution is -0.114. The molecule has 1 N–H and O–H groups in total. The fraction of sp³-hybridized carbons (Fsp3) is 0.318. The van der Waals surface area contributed by atoms with Gasteiger partial charge in [-0.1, -0.05) is 0 Å². The number of nitrogens with one attached hydrogen (secondary N) is 1. The molecular weight excluding hydrogens is 396 g/mol. The van der Waals surface area contributed by atoms with Gasteiger partial charge < -0.3 is 19.7 Å². The van der Waals surface area contributed by atoms with E-state index in [-0.39, 0.29) is 12.5 Å². The summed E-state index contributed by atoms with van der Waals surface area (Å²) in [6, 6.07) is 7.04. The number of hydrogen-bond acceptors (Lipinski definition) is 8. The van der Waals surface area contributed by atoms with Crippen LogP contribution >= 0.6 is 0 Å². The van der Waals surface area contributed by atoms with E-state index in [9.17, 15) is 4.79 Å². The Hall–Kier alpha value is -3.75. The molecule has 9 heteroatoms. The van der Waals surface area contributed by atoms with E-state index in [1.54, 1.807) is 44.8 Å². The number of anilines is 2. The molecule has 0 aromatic carbocycles. The van der Waals surface area contributed by atoms with Crippen molar-refractivity contribution in [1.29, 1.82) is 0 Å². The molecule has 9 nitrogen and oxygen atoms in total. The van der Waals surface area contributed by atoms with E-state index in [2.05, 4.69) is 15.3 Å². The first-order chi connectivity index (χ1) is 15.1. The van der Waals surface area contributed by atoms with E-state index >= 15 is 0 Å². The van der Waals surface area contributed by atoms with Gasteiger partial charge in [0.2, 0.25) is 11.8 Å². The number of hydrogen-bond donors (Lipinski definition) is 1. The van der Waals surface area contributed by atoms with Gasteiger partial charge in [-0.15, -0.1) is 0 Å². The molecule has 3 aromatic rings. The van der Waals surface area contributed by atoms with Crippen LogP contribution in [0, 0.1) is 0 Å². The summed E-state index contributed by atoms with van der Waals surface area (Å²) in [7, 11) is 5.01. The molecule has 1 aliphatic carbocycles. The van der Waals surface area contributed by atoms with Gasteiger partial charge in [0, 0.05) is 36.6 Å². The summed E-state index contributed by atoms with van der Waals surface area (Å²) < 4.78 is 10.3. The predicted octanol–water partition coefficient (Wildman–Crippen LogP) is 2.51. The van der Waals surface area contributed by atoms with Gasteiger partial charge in [0.1, 0.15) is 17.3 Å². The molecule has 4 rings (SSSR count). The molecule has 0 spiro atoms. The number of rotatable bonds is 7. The normalized spacial score (nSPS) is 12.2. The number of likely N-dealkylation sites (N-methyl/N-ethyl adjacent to an activating group) is 1. The Morgan fingerprint density at radius 2 is 2.00 bits per heavy atom. The van der Waals surface area contributed by atoms with Crippen molar-refractivity contribution >= 4 is 17.4 Å². The number of carbonyl (C=O) groups is 1. The lowest BCUT2D eigenvalue weighted by Gasteiger charge is -2.21. The molecule has 0 fully saturated rings. The van der Waals surface area contributed by atoms with Gasteiger partial charge in [0.05, 0.1) is 32.6 Å². The number of pyridine rings is 2. The molecule has 160 valence electrons. The van der Waals surface area contributed by atoms with Crippen LogP contribution in [0.5, 0.6) is 11.6 Å². The number of aromatic nitrogens is 4. The van der Waals surface area contributed by atoms with Crippen LogP contribution in [0.2, 0.25) is 0 Å². The van der Waals surface area contributed by atoms with Crippen molar-refractivity contribution in [2.24, 2.45) is 0 Å². The van der Waals surface area contributed by atoms with Gasteiger partial charge >= 0.3 is 0 Å². The van der Waals surface area contributed by atoms with Gasteiger partial charge in [-0.05, 0) is 31.4 Å². The number of methoxy groups -OCH3 is 2. The molecule has 1 aliphatic rings. The summed E-state index contributed by atoms with van der Waals surface area (Å²) >= 11 is 0. The van der Waals surface area contributed by atoms with E-state index in [1.165, 1.54) is 0 Å². The topological polar surface area (TPSA) is 102 Å². The van der Waals surface area contributed by atoms with Crippen LogP contribution in [0.1, 0.15) is 17.7 Å². The van der Waals surface area contributed by atoms with Gasteiger partial charge in [-0.3, -0.25) is 9.78 Å². The van der Waals surface area contributed by atoms with Crippen molar-refractivity contribution in [3.8, 4) is 23.1 Å². The third-order valence-corrected chi connectivity index (χ3v) is 5.08. The quantitative estimate of drug-likeness (QED) is 0.622. The summed E-state index contributed by atoms with van der Waals surface area (Å²) in [5.41, 5.74) is 3.34. The maximum atomic E-state index is 12.6. The maximum Gasteiger partial charge on any atom is 0.243 e. The van der Waals surface area contributed by atoms with E-state index in [1.807, 2.05) is 18.0 Å². The average Bonchev–Trinajstić information content (AvgIpc) is 3.27.